The van der Waals surface area contributed by atoms with Crippen LogP contribution in [0.25, 0.3) is 0 Å². The van der Waals surface area contributed by atoms with Crippen molar-refractivity contribution in [2.24, 2.45) is 5.92 Å². The number of hydrogen-bond donors (Lipinski definition) is 2. The summed E-state index contributed by atoms with van der Waals surface area (Å²) in [5.41, 5.74) is 0. The molecular weight excluding hydrogens is 234 g/mol. The summed E-state index contributed by atoms with van der Waals surface area (Å²) in [6.45, 7) is 5.09. The van der Waals surface area contributed by atoms with Crippen LogP contribution in [0.2, 0.25) is 0 Å². The van der Waals surface area contributed by atoms with Crippen molar-refractivity contribution in [2.75, 3.05) is 18.5 Å². The number of aromatic nitrogens is 2. The van der Waals surface area contributed by atoms with Gasteiger partial charge in [0.25, 0.3) is 0 Å². The maximum absolute atomic E-state index is 10.4. The Bertz CT molecular complexity index is 385. The lowest BCUT2D eigenvalue weighted by Gasteiger charge is -2.12. The van der Waals surface area contributed by atoms with Crippen molar-refractivity contribution in [3.05, 3.63) is 12.4 Å². The number of nitrogens with one attached hydrogen (secondary N) is 1. The van der Waals surface area contributed by atoms with Crippen LogP contribution in [0, 0.1) is 5.92 Å². The minimum atomic E-state index is -0.764. The molecule has 1 atom stereocenters. The van der Waals surface area contributed by atoms with Gasteiger partial charge in [-0.05, 0) is 19.3 Å². The van der Waals surface area contributed by atoms with Gasteiger partial charge in [-0.15, -0.1) is 0 Å². The molecule has 0 bridgehead atoms. The first-order valence-electron chi connectivity index (χ1n) is 6.02. The van der Waals surface area contributed by atoms with Gasteiger partial charge in [0, 0.05) is 13.0 Å². The highest BCUT2D eigenvalue weighted by molar-refractivity contribution is 5.66. The number of rotatable bonds is 8. The minimum absolute atomic E-state index is 0.188. The van der Waals surface area contributed by atoms with Crippen molar-refractivity contribution in [1.82, 2.24) is 9.97 Å². The Hall–Kier alpha value is -1.85. The third kappa shape index (κ3) is 5.47. The highest BCUT2D eigenvalue weighted by Gasteiger charge is 2.06. The third-order valence-electron chi connectivity index (χ3n) is 2.39. The molecule has 100 valence electrons. The normalized spacial score (nSPS) is 11.9. The summed E-state index contributed by atoms with van der Waals surface area (Å²) in [5.74, 6) is 0.627. The van der Waals surface area contributed by atoms with Gasteiger partial charge in [-0.3, -0.25) is 9.78 Å². The summed E-state index contributed by atoms with van der Waals surface area (Å²) in [6, 6.07) is 0. The molecule has 1 aromatic rings. The predicted molar refractivity (Wildman–Crippen MR) is 67.7 cm³/mol. The fraction of sp³-hybridized carbons (Fsp3) is 0.583. The van der Waals surface area contributed by atoms with Gasteiger partial charge in [-0.2, -0.15) is 4.98 Å². The number of ether oxygens (including phenoxy) is 1. The lowest BCUT2D eigenvalue weighted by atomic mass is 10.1. The van der Waals surface area contributed by atoms with Crippen LogP contribution in [-0.2, 0) is 4.79 Å². The van der Waals surface area contributed by atoms with Crippen LogP contribution in [-0.4, -0.2) is 34.2 Å². The van der Waals surface area contributed by atoms with E-state index in [0.29, 0.717) is 31.3 Å². The van der Waals surface area contributed by atoms with Crippen LogP contribution in [0.5, 0.6) is 5.88 Å². The van der Waals surface area contributed by atoms with Gasteiger partial charge in [-0.1, -0.05) is 6.92 Å². The lowest BCUT2D eigenvalue weighted by Crippen LogP contribution is -2.14. The fourth-order valence-corrected chi connectivity index (χ4v) is 1.40. The van der Waals surface area contributed by atoms with E-state index < -0.39 is 5.97 Å². The molecule has 0 saturated heterocycles. The average molecular weight is 253 g/mol. The minimum Gasteiger partial charge on any atom is -0.481 e. The van der Waals surface area contributed by atoms with Crippen LogP contribution in [0.4, 0.5) is 5.82 Å². The fourth-order valence-electron chi connectivity index (χ4n) is 1.40. The van der Waals surface area contributed by atoms with E-state index in [4.69, 9.17) is 9.84 Å². The van der Waals surface area contributed by atoms with Crippen molar-refractivity contribution in [1.29, 1.82) is 0 Å². The van der Waals surface area contributed by atoms with E-state index in [1.807, 2.05) is 13.8 Å². The van der Waals surface area contributed by atoms with Crippen molar-refractivity contribution < 1.29 is 14.6 Å². The molecular formula is C12H19N3O3. The van der Waals surface area contributed by atoms with Crippen LogP contribution in [0.15, 0.2) is 12.4 Å². The molecule has 0 aromatic carbocycles. The first kappa shape index (κ1) is 14.2. The SMILES string of the molecule is CCOc1cncc(NCC(C)CCC(=O)O)n1. The molecule has 6 nitrogen and oxygen atoms in total. The molecule has 0 amide bonds. The zero-order chi connectivity index (χ0) is 13.4. The Morgan fingerprint density at radius 1 is 1.56 bits per heavy atom. The number of carboxylic acid groups (broad SMARTS) is 1. The summed E-state index contributed by atoms with van der Waals surface area (Å²) in [5, 5.41) is 11.7. The second-order valence-corrected chi connectivity index (χ2v) is 4.09. The predicted octanol–water partition coefficient (Wildman–Crippen LogP) is 1.79. The maximum Gasteiger partial charge on any atom is 0.303 e. The number of carboxylic acids is 1. The molecule has 1 aromatic heterocycles. The van der Waals surface area contributed by atoms with E-state index >= 15 is 0 Å². The molecule has 0 fully saturated rings. The summed E-state index contributed by atoms with van der Waals surface area (Å²) < 4.78 is 5.24. The quantitative estimate of drug-likeness (QED) is 0.734. The van der Waals surface area contributed by atoms with Gasteiger partial charge < -0.3 is 15.2 Å². The summed E-state index contributed by atoms with van der Waals surface area (Å²) in [4.78, 5) is 18.7. The van der Waals surface area contributed by atoms with E-state index in [9.17, 15) is 4.79 Å². The standard InChI is InChI=1S/C12H19N3O3/c1-3-18-11-8-13-7-10(15-11)14-6-9(2)4-5-12(16)17/h7-9H,3-6H2,1-2H3,(H,14,15)(H,16,17). The highest BCUT2D eigenvalue weighted by atomic mass is 16.5. The van der Waals surface area contributed by atoms with Crippen LogP contribution >= 0.6 is 0 Å². The Labute approximate surface area is 106 Å². The molecule has 0 aliphatic heterocycles. The number of nitrogens with zero attached hydrogens (tertiary/aromatic N) is 2. The number of aliphatic carboxylic acids is 1. The molecule has 1 unspecified atom stereocenters. The molecule has 0 aliphatic carbocycles. The van der Waals surface area contributed by atoms with E-state index in [-0.39, 0.29) is 12.3 Å². The van der Waals surface area contributed by atoms with Crippen LogP contribution in [0.1, 0.15) is 26.7 Å². The average Bonchev–Trinajstić information content (AvgIpc) is 2.35. The van der Waals surface area contributed by atoms with E-state index in [1.54, 1.807) is 12.4 Å². The van der Waals surface area contributed by atoms with Crippen molar-refractivity contribution in [3.63, 3.8) is 0 Å². The summed E-state index contributed by atoms with van der Waals surface area (Å²) in [7, 11) is 0. The van der Waals surface area contributed by atoms with Crippen molar-refractivity contribution >= 4 is 11.8 Å². The first-order valence-corrected chi connectivity index (χ1v) is 6.02. The molecule has 18 heavy (non-hydrogen) atoms. The molecule has 0 spiro atoms. The summed E-state index contributed by atoms with van der Waals surface area (Å²) in [6.07, 6.45) is 4.00. The second kappa shape index (κ2) is 7.47. The molecule has 6 heteroatoms. The molecule has 1 heterocycles. The third-order valence-corrected chi connectivity index (χ3v) is 2.39. The molecule has 2 N–H and O–H groups in total. The van der Waals surface area contributed by atoms with Crippen molar-refractivity contribution in [2.45, 2.75) is 26.7 Å². The molecule has 0 radical (unpaired) electrons. The smallest absolute Gasteiger partial charge is 0.303 e. The van der Waals surface area contributed by atoms with Crippen LogP contribution in [0.3, 0.4) is 0 Å². The second-order valence-electron chi connectivity index (χ2n) is 4.09. The Balaban J connectivity index is 2.38. The molecule has 0 aliphatic rings. The Morgan fingerprint density at radius 2 is 2.33 bits per heavy atom. The van der Waals surface area contributed by atoms with E-state index in [2.05, 4.69) is 15.3 Å². The first-order chi connectivity index (χ1) is 8.61. The largest absolute Gasteiger partial charge is 0.481 e. The maximum atomic E-state index is 10.4. The van der Waals surface area contributed by atoms with Gasteiger partial charge in [-0.25, -0.2) is 0 Å². The topological polar surface area (TPSA) is 84.3 Å². The van der Waals surface area contributed by atoms with Crippen LogP contribution < -0.4 is 10.1 Å². The Kier molecular flexibility index (Phi) is 5.90. The number of carbonyl (C=O) groups is 1. The van der Waals surface area contributed by atoms with Gasteiger partial charge in [0.05, 0.1) is 19.0 Å². The number of hydrogen-bond acceptors (Lipinski definition) is 5. The zero-order valence-corrected chi connectivity index (χ0v) is 10.7. The zero-order valence-electron chi connectivity index (χ0n) is 10.7. The highest BCUT2D eigenvalue weighted by Crippen LogP contribution is 2.11. The van der Waals surface area contributed by atoms with E-state index in [0.717, 1.165) is 0 Å². The van der Waals surface area contributed by atoms with Gasteiger partial charge in [0.15, 0.2) is 0 Å². The molecule has 1 rings (SSSR count). The lowest BCUT2D eigenvalue weighted by molar-refractivity contribution is -0.137. The van der Waals surface area contributed by atoms with Gasteiger partial charge in [0.2, 0.25) is 5.88 Å². The van der Waals surface area contributed by atoms with Gasteiger partial charge in [0.1, 0.15) is 5.82 Å². The summed E-state index contributed by atoms with van der Waals surface area (Å²) >= 11 is 0. The monoisotopic (exact) mass is 253 g/mol. The number of anilines is 1. The van der Waals surface area contributed by atoms with Crippen molar-refractivity contribution in [3.8, 4) is 5.88 Å². The molecule has 0 saturated carbocycles. The Morgan fingerprint density at radius 3 is 3.00 bits per heavy atom. The van der Waals surface area contributed by atoms with E-state index in [1.165, 1.54) is 0 Å². The van der Waals surface area contributed by atoms with Gasteiger partial charge >= 0.3 is 5.97 Å².